The zero-order valence-corrected chi connectivity index (χ0v) is 8.57. The number of hydrogen-bond acceptors (Lipinski definition) is 2. The maximum atomic E-state index is 5.69. The van der Waals surface area contributed by atoms with E-state index in [-0.39, 0.29) is 6.10 Å². The van der Waals surface area contributed by atoms with E-state index in [0.29, 0.717) is 12.8 Å². The third-order valence-corrected chi connectivity index (χ3v) is 2.70. The second-order valence-electron chi connectivity index (χ2n) is 3.74. The molecule has 0 radical (unpaired) electrons. The van der Waals surface area contributed by atoms with Crippen molar-refractivity contribution in [2.24, 2.45) is 0 Å². The summed E-state index contributed by atoms with van der Waals surface area (Å²) >= 11 is 0. The minimum atomic E-state index is 0.246. The maximum absolute atomic E-state index is 5.69. The quantitative estimate of drug-likeness (QED) is 0.792. The van der Waals surface area contributed by atoms with Crippen molar-refractivity contribution in [3.63, 3.8) is 0 Å². The predicted molar refractivity (Wildman–Crippen MR) is 57.0 cm³/mol. The van der Waals surface area contributed by atoms with Gasteiger partial charge in [-0.2, -0.15) is 0 Å². The van der Waals surface area contributed by atoms with Crippen LogP contribution in [-0.4, -0.2) is 12.8 Å². The standard InChI is InChI=1S/C12H17NO/c1-2-6-11-12(14-9-13-11)10-7-4-3-5-8-10/h3-5,7-8,11-13H,2,6,9H2,1H3/t11-,12+/m0/s1. The van der Waals surface area contributed by atoms with Gasteiger partial charge in [0.25, 0.3) is 0 Å². The van der Waals surface area contributed by atoms with Crippen molar-refractivity contribution >= 4 is 0 Å². The topological polar surface area (TPSA) is 21.3 Å². The Balaban J connectivity index is 2.10. The van der Waals surface area contributed by atoms with Crippen molar-refractivity contribution < 1.29 is 4.74 Å². The van der Waals surface area contributed by atoms with Gasteiger partial charge in [-0.3, -0.25) is 5.32 Å². The van der Waals surface area contributed by atoms with E-state index in [1.807, 2.05) is 6.07 Å². The molecule has 1 saturated heterocycles. The molecule has 1 aliphatic heterocycles. The molecule has 2 atom stereocenters. The molecule has 1 aromatic carbocycles. The van der Waals surface area contributed by atoms with Gasteiger partial charge < -0.3 is 4.74 Å². The fourth-order valence-electron chi connectivity index (χ4n) is 2.00. The molecule has 0 bridgehead atoms. The van der Waals surface area contributed by atoms with Crippen LogP contribution in [0.1, 0.15) is 31.4 Å². The molecule has 0 saturated carbocycles. The van der Waals surface area contributed by atoms with Gasteiger partial charge in [-0.15, -0.1) is 0 Å². The van der Waals surface area contributed by atoms with E-state index in [4.69, 9.17) is 4.74 Å². The van der Waals surface area contributed by atoms with Crippen LogP contribution in [0.2, 0.25) is 0 Å². The highest BCUT2D eigenvalue weighted by Crippen LogP contribution is 2.27. The van der Waals surface area contributed by atoms with Crippen LogP contribution >= 0.6 is 0 Å². The summed E-state index contributed by atoms with van der Waals surface area (Å²) in [6.45, 7) is 2.90. The fourth-order valence-corrected chi connectivity index (χ4v) is 2.00. The first-order valence-corrected chi connectivity index (χ1v) is 5.31. The predicted octanol–water partition coefficient (Wildman–Crippen LogP) is 2.47. The first kappa shape index (κ1) is 9.69. The third kappa shape index (κ3) is 1.97. The summed E-state index contributed by atoms with van der Waals surface area (Å²) in [4.78, 5) is 0. The van der Waals surface area contributed by atoms with Crippen LogP contribution in [0.4, 0.5) is 0 Å². The second kappa shape index (κ2) is 4.58. The third-order valence-electron chi connectivity index (χ3n) is 2.70. The Morgan fingerprint density at radius 3 is 2.86 bits per heavy atom. The van der Waals surface area contributed by atoms with Gasteiger partial charge in [0.05, 0.1) is 12.8 Å². The van der Waals surface area contributed by atoms with E-state index in [2.05, 4.69) is 36.5 Å². The Morgan fingerprint density at radius 2 is 2.14 bits per heavy atom. The molecule has 2 heteroatoms. The van der Waals surface area contributed by atoms with E-state index in [1.165, 1.54) is 18.4 Å². The lowest BCUT2D eigenvalue weighted by Crippen LogP contribution is -2.25. The Hall–Kier alpha value is -0.860. The van der Waals surface area contributed by atoms with Gasteiger partial charge in [0.2, 0.25) is 0 Å². The van der Waals surface area contributed by atoms with E-state index >= 15 is 0 Å². The van der Waals surface area contributed by atoms with Crippen molar-refractivity contribution in [3.05, 3.63) is 35.9 Å². The van der Waals surface area contributed by atoms with E-state index in [0.717, 1.165) is 0 Å². The van der Waals surface area contributed by atoms with Crippen LogP contribution in [-0.2, 0) is 4.74 Å². The van der Waals surface area contributed by atoms with Crippen LogP contribution in [0, 0.1) is 0 Å². The number of ether oxygens (including phenoxy) is 1. The summed E-state index contributed by atoms with van der Waals surface area (Å²) in [6.07, 6.45) is 2.63. The molecule has 0 aliphatic carbocycles. The van der Waals surface area contributed by atoms with Gasteiger partial charge in [-0.25, -0.2) is 0 Å². The molecule has 1 fully saturated rings. The Labute approximate surface area is 85.3 Å². The second-order valence-corrected chi connectivity index (χ2v) is 3.74. The van der Waals surface area contributed by atoms with Crippen molar-refractivity contribution in [1.82, 2.24) is 5.32 Å². The molecule has 1 heterocycles. The maximum Gasteiger partial charge on any atom is 0.0996 e. The van der Waals surface area contributed by atoms with Gasteiger partial charge in [0, 0.05) is 6.04 Å². The monoisotopic (exact) mass is 191 g/mol. The van der Waals surface area contributed by atoms with E-state index < -0.39 is 0 Å². The van der Waals surface area contributed by atoms with Crippen molar-refractivity contribution in [3.8, 4) is 0 Å². The van der Waals surface area contributed by atoms with Crippen LogP contribution in [0.5, 0.6) is 0 Å². The Bertz CT molecular complexity index is 273. The number of benzene rings is 1. The summed E-state index contributed by atoms with van der Waals surface area (Å²) in [5, 5.41) is 3.38. The summed E-state index contributed by atoms with van der Waals surface area (Å²) < 4.78 is 5.69. The smallest absolute Gasteiger partial charge is 0.0996 e. The average molecular weight is 191 g/mol. The lowest BCUT2D eigenvalue weighted by Gasteiger charge is -2.17. The van der Waals surface area contributed by atoms with Gasteiger partial charge in [-0.05, 0) is 12.0 Å². The highest BCUT2D eigenvalue weighted by Gasteiger charge is 2.27. The highest BCUT2D eigenvalue weighted by molar-refractivity contribution is 5.19. The van der Waals surface area contributed by atoms with Gasteiger partial charge in [-0.1, -0.05) is 43.7 Å². The fraction of sp³-hybridized carbons (Fsp3) is 0.500. The first-order chi connectivity index (χ1) is 6.92. The number of nitrogens with one attached hydrogen (secondary N) is 1. The molecule has 1 aliphatic rings. The summed E-state index contributed by atoms with van der Waals surface area (Å²) in [5.74, 6) is 0. The molecule has 0 spiro atoms. The molecule has 0 unspecified atom stereocenters. The molecule has 14 heavy (non-hydrogen) atoms. The zero-order chi connectivity index (χ0) is 9.80. The van der Waals surface area contributed by atoms with E-state index in [1.54, 1.807) is 0 Å². The van der Waals surface area contributed by atoms with Gasteiger partial charge >= 0.3 is 0 Å². The highest BCUT2D eigenvalue weighted by atomic mass is 16.5. The van der Waals surface area contributed by atoms with Crippen molar-refractivity contribution in [2.45, 2.75) is 31.9 Å². The van der Waals surface area contributed by atoms with Crippen LogP contribution in [0.25, 0.3) is 0 Å². The molecule has 1 aromatic rings. The van der Waals surface area contributed by atoms with Crippen LogP contribution in [0.3, 0.4) is 0 Å². The van der Waals surface area contributed by atoms with Gasteiger partial charge in [0.1, 0.15) is 0 Å². The molecule has 0 aromatic heterocycles. The summed E-state index contributed by atoms with van der Waals surface area (Å²) in [7, 11) is 0. The SMILES string of the molecule is CCC[C@@H]1NCO[C@@H]1c1ccccc1. The van der Waals surface area contributed by atoms with E-state index in [9.17, 15) is 0 Å². The molecule has 2 nitrogen and oxygen atoms in total. The Morgan fingerprint density at radius 1 is 1.36 bits per heavy atom. The van der Waals surface area contributed by atoms with Crippen LogP contribution in [0.15, 0.2) is 30.3 Å². The number of hydrogen-bond donors (Lipinski definition) is 1. The minimum absolute atomic E-state index is 0.246. The first-order valence-electron chi connectivity index (χ1n) is 5.31. The average Bonchev–Trinajstić information content (AvgIpc) is 2.68. The minimum Gasteiger partial charge on any atom is -0.357 e. The summed E-state index contributed by atoms with van der Waals surface area (Å²) in [6, 6.07) is 10.9. The summed E-state index contributed by atoms with van der Waals surface area (Å²) in [5.41, 5.74) is 1.29. The lowest BCUT2D eigenvalue weighted by molar-refractivity contribution is 0.102. The van der Waals surface area contributed by atoms with Crippen molar-refractivity contribution in [1.29, 1.82) is 0 Å². The molecule has 0 amide bonds. The lowest BCUT2D eigenvalue weighted by atomic mass is 10.00. The largest absolute Gasteiger partial charge is 0.357 e. The molecule has 1 N–H and O–H groups in total. The molecule has 2 rings (SSSR count). The normalized spacial score (nSPS) is 26.6. The van der Waals surface area contributed by atoms with Crippen LogP contribution < -0.4 is 5.32 Å². The molecular weight excluding hydrogens is 174 g/mol. The van der Waals surface area contributed by atoms with Crippen molar-refractivity contribution in [2.75, 3.05) is 6.73 Å². The zero-order valence-electron chi connectivity index (χ0n) is 8.57. The van der Waals surface area contributed by atoms with Gasteiger partial charge in [0.15, 0.2) is 0 Å². The molecular formula is C12H17NO. The Kier molecular flexibility index (Phi) is 3.17. The molecule has 76 valence electrons. The number of rotatable bonds is 3.